The fourth-order valence-electron chi connectivity index (χ4n) is 2.91. The van der Waals surface area contributed by atoms with E-state index in [9.17, 15) is 5.11 Å². The van der Waals surface area contributed by atoms with Crippen LogP contribution in [0.2, 0.25) is 0 Å². The zero-order chi connectivity index (χ0) is 16.1. The van der Waals surface area contributed by atoms with Crippen molar-refractivity contribution in [3.8, 4) is 0 Å². The zero-order valence-corrected chi connectivity index (χ0v) is 15.3. The first-order chi connectivity index (χ1) is 10.9. The average Bonchev–Trinajstić information content (AvgIpc) is 2.54. The van der Waals surface area contributed by atoms with Crippen molar-refractivity contribution in [2.75, 3.05) is 19.8 Å². The molecule has 0 heterocycles. The van der Waals surface area contributed by atoms with Crippen molar-refractivity contribution in [1.29, 1.82) is 0 Å². The summed E-state index contributed by atoms with van der Waals surface area (Å²) in [6.07, 6.45) is 22.3. The molecule has 0 aromatic rings. The highest BCUT2D eigenvalue weighted by Crippen LogP contribution is 2.13. The van der Waals surface area contributed by atoms with Gasteiger partial charge in [-0.2, -0.15) is 0 Å². The van der Waals surface area contributed by atoms with Gasteiger partial charge in [0, 0.05) is 6.61 Å². The van der Waals surface area contributed by atoms with Crippen LogP contribution >= 0.6 is 0 Å². The van der Waals surface area contributed by atoms with Crippen LogP contribution in [-0.2, 0) is 9.84 Å². The number of hydrogen-bond donors (Lipinski definition) is 0. The summed E-state index contributed by atoms with van der Waals surface area (Å²) in [5.41, 5.74) is 0. The summed E-state index contributed by atoms with van der Waals surface area (Å²) in [5.74, 6) is 0. The molecule has 0 saturated carbocycles. The average molecular weight is 314 g/mol. The molecular formula is C20H41O2. The molecule has 0 aliphatic rings. The predicted molar refractivity (Wildman–Crippen MR) is 95.9 cm³/mol. The van der Waals surface area contributed by atoms with E-state index in [0.29, 0.717) is 6.61 Å². The molecule has 0 fully saturated rings. The Labute approximate surface area is 140 Å². The van der Waals surface area contributed by atoms with Gasteiger partial charge in [0.1, 0.15) is 6.61 Å². The maximum absolute atomic E-state index is 10.2. The lowest BCUT2D eigenvalue weighted by molar-refractivity contribution is 0.0618. The minimum absolute atomic E-state index is 0.0984. The quantitative estimate of drug-likeness (QED) is 0.244. The summed E-state index contributed by atoms with van der Waals surface area (Å²) < 4.78 is 5.19. The summed E-state index contributed by atoms with van der Waals surface area (Å²) in [4.78, 5) is 0. The zero-order valence-electron chi connectivity index (χ0n) is 15.3. The maximum Gasteiger partial charge on any atom is 0.106 e. The Morgan fingerprint density at radius 3 is 1.23 bits per heavy atom. The lowest BCUT2D eigenvalue weighted by Crippen LogP contribution is -1.99. The van der Waals surface area contributed by atoms with E-state index >= 15 is 0 Å². The molecule has 0 aliphatic heterocycles. The molecule has 0 atom stereocenters. The van der Waals surface area contributed by atoms with Crippen LogP contribution in [0, 0.1) is 0 Å². The Balaban J connectivity index is 2.91. The molecule has 0 amide bonds. The van der Waals surface area contributed by atoms with E-state index in [-0.39, 0.29) is 6.61 Å². The molecule has 0 aliphatic carbocycles. The summed E-state index contributed by atoms with van der Waals surface area (Å²) in [6, 6.07) is 0. The first-order valence-corrected chi connectivity index (χ1v) is 10.1. The van der Waals surface area contributed by atoms with Gasteiger partial charge in [-0.25, -0.2) is 5.11 Å². The van der Waals surface area contributed by atoms with E-state index < -0.39 is 0 Å². The molecule has 133 valence electrons. The van der Waals surface area contributed by atoms with Gasteiger partial charge < -0.3 is 4.74 Å². The molecule has 0 spiro atoms. The van der Waals surface area contributed by atoms with Crippen LogP contribution in [-0.4, -0.2) is 19.8 Å². The van der Waals surface area contributed by atoms with Crippen molar-refractivity contribution in [2.24, 2.45) is 0 Å². The highest BCUT2D eigenvalue weighted by molar-refractivity contribution is 4.49. The molecule has 22 heavy (non-hydrogen) atoms. The largest absolute Gasteiger partial charge is 0.379 e. The summed E-state index contributed by atoms with van der Waals surface area (Å²) in [6.45, 7) is 3.35. The predicted octanol–water partition coefficient (Wildman–Crippen LogP) is 6.70. The summed E-state index contributed by atoms with van der Waals surface area (Å²) in [5, 5.41) is 10.2. The molecule has 0 aromatic heterocycles. The van der Waals surface area contributed by atoms with Crippen LogP contribution in [0.15, 0.2) is 0 Å². The molecule has 0 rings (SSSR count). The molecule has 0 N–H and O–H groups in total. The second kappa shape index (κ2) is 20.9. The third-order valence-corrected chi connectivity index (χ3v) is 4.37. The molecular weight excluding hydrogens is 272 g/mol. The minimum Gasteiger partial charge on any atom is -0.379 e. The summed E-state index contributed by atoms with van der Waals surface area (Å²) in [7, 11) is 0. The Kier molecular flexibility index (Phi) is 20.8. The lowest BCUT2D eigenvalue weighted by Gasteiger charge is -2.04. The highest BCUT2D eigenvalue weighted by atomic mass is 16.5. The maximum atomic E-state index is 10.2. The van der Waals surface area contributed by atoms with Crippen LogP contribution in [0.1, 0.15) is 110 Å². The topological polar surface area (TPSA) is 29.1 Å². The van der Waals surface area contributed by atoms with Crippen LogP contribution in [0.4, 0.5) is 0 Å². The number of rotatable bonds is 19. The van der Waals surface area contributed by atoms with Crippen molar-refractivity contribution >= 4 is 0 Å². The molecule has 0 unspecified atom stereocenters. The third-order valence-electron chi connectivity index (χ3n) is 4.37. The standard InChI is InChI=1S/C20H41O2/c1-2-3-4-5-6-7-8-9-10-11-12-13-14-15-16-17-19-22-20-18-21/h2-20H2,1H3. The molecule has 0 aromatic carbocycles. The van der Waals surface area contributed by atoms with E-state index in [4.69, 9.17) is 4.74 Å². The number of ether oxygens (including phenoxy) is 1. The lowest BCUT2D eigenvalue weighted by atomic mass is 10.0. The normalized spacial score (nSPS) is 11.2. The Morgan fingerprint density at radius 1 is 0.500 bits per heavy atom. The van der Waals surface area contributed by atoms with Gasteiger partial charge in [0.25, 0.3) is 0 Å². The van der Waals surface area contributed by atoms with Crippen molar-refractivity contribution in [3.63, 3.8) is 0 Å². The second-order valence-electron chi connectivity index (χ2n) is 6.62. The Bertz CT molecular complexity index is 163. The van der Waals surface area contributed by atoms with Gasteiger partial charge in [0.15, 0.2) is 0 Å². The van der Waals surface area contributed by atoms with Crippen LogP contribution < -0.4 is 0 Å². The van der Waals surface area contributed by atoms with Crippen molar-refractivity contribution in [3.05, 3.63) is 0 Å². The van der Waals surface area contributed by atoms with Gasteiger partial charge in [0.05, 0.1) is 6.61 Å². The van der Waals surface area contributed by atoms with E-state index in [0.717, 1.165) is 13.0 Å². The molecule has 2 heteroatoms. The monoisotopic (exact) mass is 313 g/mol. The van der Waals surface area contributed by atoms with Gasteiger partial charge >= 0.3 is 0 Å². The SMILES string of the molecule is CCCCCCCCCCCCCCCCCCOCC[O]. The molecule has 1 radical (unpaired) electrons. The highest BCUT2D eigenvalue weighted by Gasteiger charge is 1.94. The summed E-state index contributed by atoms with van der Waals surface area (Å²) >= 11 is 0. The molecule has 2 nitrogen and oxygen atoms in total. The van der Waals surface area contributed by atoms with Crippen molar-refractivity contribution < 1.29 is 9.84 Å². The van der Waals surface area contributed by atoms with Crippen molar-refractivity contribution in [1.82, 2.24) is 0 Å². The smallest absolute Gasteiger partial charge is 0.106 e. The first-order valence-electron chi connectivity index (χ1n) is 10.1. The van der Waals surface area contributed by atoms with Crippen LogP contribution in [0.3, 0.4) is 0 Å². The van der Waals surface area contributed by atoms with Gasteiger partial charge in [-0.3, -0.25) is 0 Å². The van der Waals surface area contributed by atoms with Crippen molar-refractivity contribution in [2.45, 2.75) is 110 Å². The third kappa shape index (κ3) is 19.9. The fraction of sp³-hybridized carbons (Fsp3) is 1.00. The minimum atomic E-state index is -0.0984. The fourth-order valence-corrected chi connectivity index (χ4v) is 2.91. The van der Waals surface area contributed by atoms with E-state index in [2.05, 4.69) is 6.92 Å². The first kappa shape index (κ1) is 21.9. The number of hydrogen-bond acceptors (Lipinski definition) is 1. The second-order valence-corrected chi connectivity index (χ2v) is 6.62. The van der Waals surface area contributed by atoms with Crippen LogP contribution in [0.25, 0.3) is 0 Å². The molecule has 0 bridgehead atoms. The van der Waals surface area contributed by atoms with Crippen LogP contribution in [0.5, 0.6) is 0 Å². The number of unbranched alkanes of at least 4 members (excludes halogenated alkanes) is 15. The van der Waals surface area contributed by atoms with E-state index in [1.165, 1.54) is 96.3 Å². The van der Waals surface area contributed by atoms with E-state index in [1.807, 2.05) is 0 Å². The van der Waals surface area contributed by atoms with Gasteiger partial charge in [0.2, 0.25) is 0 Å². The molecule has 0 saturated heterocycles. The van der Waals surface area contributed by atoms with Gasteiger partial charge in [-0.15, -0.1) is 0 Å². The van der Waals surface area contributed by atoms with E-state index in [1.54, 1.807) is 0 Å². The van der Waals surface area contributed by atoms with Gasteiger partial charge in [-0.1, -0.05) is 103 Å². The Morgan fingerprint density at radius 2 is 0.864 bits per heavy atom. The Hall–Kier alpha value is -0.0800. The van der Waals surface area contributed by atoms with Gasteiger partial charge in [-0.05, 0) is 6.42 Å².